The van der Waals surface area contributed by atoms with Crippen LogP contribution in [0.25, 0.3) is 0 Å². The second-order valence-electron chi connectivity index (χ2n) is 4.98. The molecule has 21 heavy (non-hydrogen) atoms. The standard InChI is InChI=1S/C16H15ClN2O2/c1-19(12-3-2-7-18-10-12)16(20)13-6-8-21-15-5-4-11(17)9-14(13)15/h2-5,7,9-10,13H,6,8H2,1H3. The van der Waals surface area contributed by atoms with E-state index in [2.05, 4.69) is 4.98 Å². The third kappa shape index (κ3) is 2.72. The first-order valence-electron chi connectivity index (χ1n) is 6.76. The lowest BCUT2D eigenvalue weighted by Gasteiger charge is -2.28. The molecule has 0 radical (unpaired) electrons. The van der Waals surface area contributed by atoms with Crippen molar-refractivity contribution in [1.29, 1.82) is 0 Å². The number of rotatable bonds is 2. The second kappa shape index (κ2) is 5.74. The number of halogens is 1. The topological polar surface area (TPSA) is 42.4 Å². The Bertz CT molecular complexity index is 661. The molecular weight excluding hydrogens is 288 g/mol. The molecule has 1 atom stereocenters. The van der Waals surface area contributed by atoms with Crippen LogP contribution in [0.3, 0.4) is 0 Å². The third-order valence-corrected chi connectivity index (χ3v) is 3.91. The van der Waals surface area contributed by atoms with Crippen LogP contribution in [0.4, 0.5) is 5.69 Å². The number of anilines is 1. The average molecular weight is 303 g/mol. The lowest BCUT2D eigenvalue weighted by molar-refractivity contribution is -0.120. The zero-order valence-corrected chi connectivity index (χ0v) is 12.4. The fourth-order valence-corrected chi connectivity index (χ4v) is 2.72. The molecule has 0 spiro atoms. The van der Waals surface area contributed by atoms with Crippen molar-refractivity contribution >= 4 is 23.2 Å². The Morgan fingerprint density at radius 3 is 3.05 bits per heavy atom. The van der Waals surface area contributed by atoms with Crippen molar-refractivity contribution in [2.75, 3.05) is 18.6 Å². The molecule has 0 aliphatic carbocycles. The first-order valence-corrected chi connectivity index (χ1v) is 7.14. The molecule has 0 saturated carbocycles. The van der Waals surface area contributed by atoms with E-state index in [1.165, 1.54) is 0 Å². The summed E-state index contributed by atoms with van der Waals surface area (Å²) < 4.78 is 5.60. The second-order valence-corrected chi connectivity index (χ2v) is 5.42. The van der Waals surface area contributed by atoms with Crippen LogP contribution >= 0.6 is 11.6 Å². The summed E-state index contributed by atoms with van der Waals surface area (Å²) in [5, 5.41) is 0.612. The number of carbonyl (C=O) groups excluding carboxylic acids is 1. The van der Waals surface area contributed by atoms with Gasteiger partial charge in [-0.05, 0) is 36.8 Å². The van der Waals surface area contributed by atoms with E-state index in [1.807, 2.05) is 24.3 Å². The van der Waals surface area contributed by atoms with Crippen LogP contribution in [0.1, 0.15) is 17.9 Å². The van der Waals surface area contributed by atoms with Crippen molar-refractivity contribution in [2.24, 2.45) is 0 Å². The number of amides is 1. The lowest BCUT2D eigenvalue weighted by Crippen LogP contribution is -2.34. The Hall–Kier alpha value is -2.07. The van der Waals surface area contributed by atoms with E-state index in [0.717, 1.165) is 17.0 Å². The van der Waals surface area contributed by atoms with Crippen molar-refractivity contribution in [3.8, 4) is 5.75 Å². The van der Waals surface area contributed by atoms with Gasteiger partial charge in [0.25, 0.3) is 0 Å². The van der Waals surface area contributed by atoms with E-state index in [-0.39, 0.29) is 11.8 Å². The minimum absolute atomic E-state index is 0.0230. The van der Waals surface area contributed by atoms with E-state index < -0.39 is 0 Å². The van der Waals surface area contributed by atoms with Crippen molar-refractivity contribution in [1.82, 2.24) is 4.98 Å². The number of likely N-dealkylation sites (N-methyl/N-ethyl adjacent to an activating group) is 1. The van der Waals surface area contributed by atoms with E-state index in [0.29, 0.717) is 18.1 Å². The lowest BCUT2D eigenvalue weighted by atomic mass is 9.92. The van der Waals surface area contributed by atoms with Gasteiger partial charge in [0.1, 0.15) is 5.75 Å². The maximum absolute atomic E-state index is 12.8. The van der Waals surface area contributed by atoms with Gasteiger partial charge in [0.2, 0.25) is 5.91 Å². The summed E-state index contributed by atoms with van der Waals surface area (Å²) in [4.78, 5) is 18.5. The fraction of sp³-hybridized carbons (Fsp3) is 0.250. The van der Waals surface area contributed by atoms with Gasteiger partial charge in [0.05, 0.1) is 24.4 Å². The highest BCUT2D eigenvalue weighted by atomic mass is 35.5. The van der Waals surface area contributed by atoms with Gasteiger partial charge in [-0.3, -0.25) is 9.78 Å². The third-order valence-electron chi connectivity index (χ3n) is 3.67. The molecule has 3 rings (SSSR count). The first kappa shape index (κ1) is 13.9. The van der Waals surface area contributed by atoms with Crippen molar-refractivity contribution < 1.29 is 9.53 Å². The zero-order chi connectivity index (χ0) is 14.8. The van der Waals surface area contributed by atoms with Gasteiger partial charge < -0.3 is 9.64 Å². The van der Waals surface area contributed by atoms with Gasteiger partial charge in [-0.25, -0.2) is 0 Å². The number of nitrogens with zero attached hydrogens (tertiary/aromatic N) is 2. The molecule has 0 N–H and O–H groups in total. The summed E-state index contributed by atoms with van der Waals surface area (Å²) in [5.41, 5.74) is 1.63. The Balaban J connectivity index is 1.91. The van der Waals surface area contributed by atoms with Gasteiger partial charge in [0, 0.05) is 23.8 Å². The molecule has 4 nitrogen and oxygen atoms in total. The highest BCUT2D eigenvalue weighted by Crippen LogP contribution is 2.37. The van der Waals surface area contributed by atoms with Gasteiger partial charge >= 0.3 is 0 Å². The molecule has 1 aromatic carbocycles. The molecule has 0 saturated heterocycles. The largest absolute Gasteiger partial charge is 0.493 e. The molecule has 1 aromatic heterocycles. The summed E-state index contributed by atoms with van der Waals surface area (Å²) in [6, 6.07) is 9.09. The summed E-state index contributed by atoms with van der Waals surface area (Å²) >= 11 is 6.05. The molecule has 2 heterocycles. The predicted molar refractivity (Wildman–Crippen MR) is 82.0 cm³/mol. The predicted octanol–water partition coefficient (Wildman–Crippen LogP) is 3.26. The van der Waals surface area contributed by atoms with Crippen LogP contribution in [0.5, 0.6) is 5.75 Å². The molecule has 0 bridgehead atoms. The van der Waals surface area contributed by atoms with Crippen LogP contribution in [-0.2, 0) is 4.79 Å². The Morgan fingerprint density at radius 1 is 1.43 bits per heavy atom. The number of benzene rings is 1. The van der Waals surface area contributed by atoms with Crippen LogP contribution < -0.4 is 9.64 Å². The normalized spacial score (nSPS) is 16.8. The Kier molecular flexibility index (Phi) is 3.80. The fourth-order valence-electron chi connectivity index (χ4n) is 2.53. The van der Waals surface area contributed by atoms with Gasteiger partial charge in [-0.15, -0.1) is 0 Å². The first-order chi connectivity index (χ1) is 10.2. The van der Waals surface area contributed by atoms with Crippen LogP contribution in [0.2, 0.25) is 5.02 Å². The van der Waals surface area contributed by atoms with Crippen LogP contribution in [0, 0.1) is 0 Å². The monoisotopic (exact) mass is 302 g/mol. The van der Waals surface area contributed by atoms with Crippen molar-refractivity contribution in [3.05, 3.63) is 53.3 Å². The number of hydrogen-bond donors (Lipinski definition) is 0. The van der Waals surface area contributed by atoms with Crippen LogP contribution in [-0.4, -0.2) is 24.5 Å². The number of fused-ring (bicyclic) bond motifs is 1. The summed E-state index contributed by atoms with van der Waals surface area (Å²) in [7, 11) is 1.76. The molecule has 0 fully saturated rings. The molecule has 108 valence electrons. The minimum atomic E-state index is -0.238. The molecule has 1 aliphatic rings. The van der Waals surface area contributed by atoms with E-state index >= 15 is 0 Å². The van der Waals surface area contributed by atoms with Crippen LogP contribution in [0.15, 0.2) is 42.7 Å². The zero-order valence-electron chi connectivity index (χ0n) is 11.6. The van der Waals surface area contributed by atoms with E-state index in [9.17, 15) is 4.79 Å². The van der Waals surface area contributed by atoms with Gasteiger partial charge in [0.15, 0.2) is 0 Å². The maximum atomic E-state index is 12.8. The Morgan fingerprint density at radius 2 is 2.29 bits per heavy atom. The summed E-state index contributed by atoms with van der Waals surface area (Å²) in [6.07, 6.45) is 4.01. The molecule has 5 heteroatoms. The van der Waals surface area contributed by atoms with Crippen molar-refractivity contribution in [3.63, 3.8) is 0 Å². The average Bonchev–Trinajstić information content (AvgIpc) is 2.53. The summed E-state index contributed by atoms with van der Waals surface area (Å²) in [6.45, 7) is 0.534. The van der Waals surface area contributed by atoms with E-state index in [4.69, 9.17) is 16.3 Å². The number of hydrogen-bond acceptors (Lipinski definition) is 3. The number of carbonyl (C=O) groups is 1. The SMILES string of the molecule is CN(C(=O)C1CCOc2ccc(Cl)cc21)c1cccnc1. The highest BCUT2D eigenvalue weighted by Gasteiger charge is 2.30. The van der Waals surface area contributed by atoms with Gasteiger partial charge in [-0.1, -0.05) is 11.6 Å². The maximum Gasteiger partial charge on any atom is 0.234 e. The molecular formula is C16H15ClN2O2. The Labute approximate surface area is 128 Å². The smallest absolute Gasteiger partial charge is 0.234 e. The number of pyridine rings is 1. The molecule has 1 unspecified atom stereocenters. The number of aromatic nitrogens is 1. The van der Waals surface area contributed by atoms with E-state index in [1.54, 1.807) is 30.4 Å². The number of ether oxygens (including phenoxy) is 1. The minimum Gasteiger partial charge on any atom is -0.493 e. The highest BCUT2D eigenvalue weighted by molar-refractivity contribution is 6.30. The quantitative estimate of drug-likeness (QED) is 0.855. The molecule has 1 aliphatic heterocycles. The van der Waals surface area contributed by atoms with Gasteiger partial charge in [-0.2, -0.15) is 0 Å². The van der Waals surface area contributed by atoms with Crippen molar-refractivity contribution in [2.45, 2.75) is 12.3 Å². The summed E-state index contributed by atoms with van der Waals surface area (Å²) in [5.74, 6) is 0.524. The molecule has 2 aromatic rings. The molecule has 1 amide bonds.